The van der Waals surface area contributed by atoms with Crippen molar-refractivity contribution in [2.45, 2.75) is 25.9 Å². The van der Waals surface area contributed by atoms with Crippen molar-refractivity contribution in [1.29, 1.82) is 0 Å². The standard InChI is InChI=1S/C6H9F/c1-4-5-6(2,3)7/h1H,5H2,2-3H3. The SMILES string of the molecule is C#CCC(C)(C)F. The van der Waals surface area contributed by atoms with Crippen LogP contribution in [-0.2, 0) is 0 Å². The first-order valence-corrected chi connectivity index (χ1v) is 2.18. The molecule has 0 nitrogen and oxygen atoms in total. The highest BCUT2D eigenvalue weighted by atomic mass is 19.1. The molecular weight excluding hydrogens is 91.1 g/mol. The van der Waals surface area contributed by atoms with Crippen LogP contribution in [0.3, 0.4) is 0 Å². The second-order valence-corrected chi connectivity index (χ2v) is 2.10. The number of alkyl halides is 1. The number of hydrogen-bond donors (Lipinski definition) is 0. The van der Waals surface area contributed by atoms with E-state index >= 15 is 0 Å². The summed E-state index contributed by atoms with van der Waals surface area (Å²) in [5.41, 5.74) is -1.19. The molecule has 0 spiro atoms. The Morgan fingerprint density at radius 3 is 2.14 bits per heavy atom. The highest BCUT2D eigenvalue weighted by Gasteiger charge is 2.11. The second-order valence-electron chi connectivity index (χ2n) is 2.10. The normalized spacial score (nSPS) is 10.6. The Bertz CT molecular complexity index is 81.3. The van der Waals surface area contributed by atoms with Crippen molar-refractivity contribution < 1.29 is 4.39 Å². The molecule has 7 heavy (non-hydrogen) atoms. The third-order valence-electron chi connectivity index (χ3n) is 0.522. The first-order chi connectivity index (χ1) is 3.06. The van der Waals surface area contributed by atoms with Gasteiger partial charge in [-0.15, -0.1) is 12.3 Å². The molecule has 0 aromatic rings. The van der Waals surface area contributed by atoms with Crippen LogP contribution < -0.4 is 0 Å². The minimum atomic E-state index is -1.19. The van der Waals surface area contributed by atoms with Gasteiger partial charge in [0.2, 0.25) is 0 Å². The predicted molar refractivity (Wildman–Crippen MR) is 28.6 cm³/mol. The fourth-order valence-electron chi connectivity index (χ4n) is 0.243. The first-order valence-electron chi connectivity index (χ1n) is 2.18. The smallest absolute Gasteiger partial charge is 0.116 e. The molecule has 0 heterocycles. The van der Waals surface area contributed by atoms with Crippen LogP contribution in [0, 0.1) is 12.3 Å². The minimum absolute atomic E-state index is 0.201. The van der Waals surface area contributed by atoms with Crippen LogP contribution in [0.4, 0.5) is 4.39 Å². The molecule has 0 N–H and O–H groups in total. The molecule has 0 radical (unpaired) electrons. The maximum atomic E-state index is 12.2. The topological polar surface area (TPSA) is 0 Å². The molecule has 0 aliphatic heterocycles. The van der Waals surface area contributed by atoms with Gasteiger partial charge < -0.3 is 0 Å². The lowest BCUT2D eigenvalue weighted by molar-refractivity contribution is 0.225. The summed E-state index contributed by atoms with van der Waals surface area (Å²) in [6.45, 7) is 2.93. The summed E-state index contributed by atoms with van der Waals surface area (Å²) >= 11 is 0. The first kappa shape index (κ1) is 6.49. The highest BCUT2D eigenvalue weighted by molar-refractivity contribution is 4.90. The Hall–Kier alpha value is -0.510. The average molecular weight is 100 g/mol. The van der Waals surface area contributed by atoms with Crippen LogP contribution in [0.1, 0.15) is 20.3 Å². The molecule has 0 saturated heterocycles. The van der Waals surface area contributed by atoms with Crippen molar-refractivity contribution >= 4 is 0 Å². The third kappa shape index (κ3) is 5.49. The third-order valence-corrected chi connectivity index (χ3v) is 0.522. The minimum Gasteiger partial charge on any atom is -0.243 e. The molecule has 0 amide bonds. The molecule has 0 fully saturated rings. The van der Waals surface area contributed by atoms with E-state index in [-0.39, 0.29) is 6.42 Å². The summed E-state index contributed by atoms with van der Waals surface area (Å²) in [5, 5.41) is 0. The molecule has 0 aromatic heterocycles. The Labute approximate surface area is 43.7 Å². The average Bonchev–Trinajstić information content (AvgIpc) is 1.30. The fourth-order valence-corrected chi connectivity index (χ4v) is 0.243. The van der Waals surface area contributed by atoms with E-state index in [4.69, 9.17) is 6.42 Å². The lowest BCUT2D eigenvalue weighted by Gasteiger charge is -2.06. The molecule has 0 aliphatic rings. The van der Waals surface area contributed by atoms with E-state index in [2.05, 4.69) is 5.92 Å². The van der Waals surface area contributed by atoms with Crippen molar-refractivity contribution in [3.05, 3.63) is 0 Å². The monoisotopic (exact) mass is 100 g/mol. The molecule has 0 rings (SSSR count). The maximum absolute atomic E-state index is 12.2. The van der Waals surface area contributed by atoms with Gasteiger partial charge in [-0.2, -0.15) is 0 Å². The van der Waals surface area contributed by atoms with E-state index in [1.807, 2.05) is 0 Å². The molecule has 0 atom stereocenters. The van der Waals surface area contributed by atoms with E-state index < -0.39 is 5.67 Å². The van der Waals surface area contributed by atoms with Crippen molar-refractivity contribution in [1.82, 2.24) is 0 Å². The van der Waals surface area contributed by atoms with E-state index in [0.717, 1.165) is 0 Å². The zero-order valence-electron chi connectivity index (χ0n) is 4.66. The Morgan fingerprint density at radius 2 is 2.14 bits per heavy atom. The number of halogens is 1. The summed E-state index contributed by atoms with van der Waals surface area (Å²) in [6.07, 6.45) is 5.03. The summed E-state index contributed by atoms with van der Waals surface area (Å²) in [4.78, 5) is 0. The molecule has 1 heteroatoms. The zero-order chi connectivity index (χ0) is 5.91. The van der Waals surface area contributed by atoms with E-state index in [1.54, 1.807) is 0 Å². The van der Waals surface area contributed by atoms with Gasteiger partial charge in [0, 0.05) is 6.42 Å². The van der Waals surface area contributed by atoms with Crippen LogP contribution >= 0.6 is 0 Å². The van der Waals surface area contributed by atoms with Gasteiger partial charge in [0.25, 0.3) is 0 Å². The Balaban J connectivity index is 3.40. The van der Waals surface area contributed by atoms with Gasteiger partial charge in [-0.3, -0.25) is 0 Å². The quantitative estimate of drug-likeness (QED) is 0.440. The molecule has 40 valence electrons. The van der Waals surface area contributed by atoms with Crippen molar-refractivity contribution in [3.63, 3.8) is 0 Å². The van der Waals surface area contributed by atoms with Crippen molar-refractivity contribution in [3.8, 4) is 12.3 Å². The Kier molecular flexibility index (Phi) is 1.83. The maximum Gasteiger partial charge on any atom is 0.116 e. The van der Waals surface area contributed by atoms with Gasteiger partial charge in [0.1, 0.15) is 5.67 Å². The number of rotatable bonds is 1. The van der Waals surface area contributed by atoms with Gasteiger partial charge in [0.05, 0.1) is 0 Å². The van der Waals surface area contributed by atoms with Crippen LogP contribution in [0.2, 0.25) is 0 Å². The van der Waals surface area contributed by atoms with Crippen LogP contribution in [0.25, 0.3) is 0 Å². The van der Waals surface area contributed by atoms with Crippen LogP contribution in [-0.4, -0.2) is 5.67 Å². The molecule has 0 unspecified atom stereocenters. The number of terminal acetylenes is 1. The predicted octanol–water partition coefficient (Wildman–Crippen LogP) is 1.76. The van der Waals surface area contributed by atoms with Crippen LogP contribution in [0.5, 0.6) is 0 Å². The summed E-state index contributed by atoms with van der Waals surface area (Å²) < 4.78 is 12.2. The molecule has 0 aromatic carbocycles. The van der Waals surface area contributed by atoms with E-state index in [0.29, 0.717) is 0 Å². The molecular formula is C6H9F. The summed E-state index contributed by atoms with van der Waals surface area (Å²) in [5.74, 6) is 2.23. The molecule has 0 aliphatic carbocycles. The lowest BCUT2D eigenvalue weighted by Crippen LogP contribution is -2.08. The second kappa shape index (κ2) is 1.97. The van der Waals surface area contributed by atoms with E-state index in [9.17, 15) is 4.39 Å². The van der Waals surface area contributed by atoms with Crippen molar-refractivity contribution in [2.24, 2.45) is 0 Å². The van der Waals surface area contributed by atoms with Gasteiger partial charge >= 0.3 is 0 Å². The number of hydrogen-bond acceptors (Lipinski definition) is 0. The Morgan fingerprint density at radius 1 is 1.71 bits per heavy atom. The van der Waals surface area contributed by atoms with Gasteiger partial charge in [-0.1, -0.05) is 0 Å². The van der Waals surface area contributed by atoms with E-state index in [1.165, 1.54) is 13.8 Å². The van der Waals surface area contributed by atoms with Gasteiger partial charge in [-0.25, -0.2) is 4.39 Å². The highest BCUT2D eigenvalue weighted by Crippen LogP contribution is 2.11. The van der Waals surface area contributed by atoms with Gasteiger partial charge in [0.15, 0.2) is 0 Å². The van der Waals surface area contributed by atoms with Crippen molar-refractivity contribution in [2.75, 3.05) is 0 Å². The summed E-state index contributed by atoms with van der Waals surface area (Å²) in [6, 6.07) is 0. The summed E-state index contributed by atoms with van der Waals surface area (Å²) in [7, 11) is 0. The molecule has 0 bridgehead atoms. The molecule has 0 saturated carbocycles. The van der Waals surface area contributed by atoms with Gasteiger partial charge in [-0.05, 0) is 13.8 Å². The largest absolute Gasteiger partial charge is 0.243 e. The zero-order valence-corrected chi connectivity index (χ0v) is 4.66. The fraction of sp³-hybridized carbons (Fsp3) is 0.667. The van der Waals surface area contributed by atoms with Crippen LogP contribution in [0.15, 0.2) is 0 Å². The lowest BCUT2D eigenvalue weighted by atomic mass is 10.1.